The number of carbonyl (C=O) groups is 2. The number of carbonyl (C=O) groups excluding carboxylic acids is 2. The van der Waals surface area contributed by atoms with Crippen molar-refractivity contribution in [3.05, 3.63) is 78.1 Å². The van der Waals surface area contributed by atoms with E-state index in [9.17, 15) is 22.8 Å². The Balaban J connectivity index is 0.000000357. The van der Waals surface area contributed by atoms with Crippen LogP contribution in [0.2, 0.25) is 0 Å². The van der Waals surface area contributed by atoms with E-state index in [0.29, 0.717) is 24.3 Å². The lowest BCUT2D eigenvalue weighted by atomic mass is 10.1. The van der Waals surface area contributed by atoms with Crippen LogP contribution >= 0.6 is 0 Å². The molecule has 174 valence electrons. The summed E-state index contributed by atoms with van der Waals surface area (Å²) < 4.78 is 39.0. The van der Waals surface area contributed by atoms with E-state index < -0.39 is 23.6 Å². The molecule has 0 unspecified atom stereocenters. The van der Waals surface area contributed by atoms with Crippen LogP contribution in [0.25, 0.3) is 0 Å². The van der Waals surface area contributed by atoms with Crippen LogP contribution in [-0.2, 0) is 6.18 Å². The number of alkyl halides is 3. The maximum absolute atomic E-state index is 13.0. The summed E-state index contributed by atoms with van der Waals surface area (Å²) in [5.74, 6) is -1.03. The highest BCUT2D eigenvalue weighted by molar-refractivity contribution is 6.06. The molecule has 2 heterocycles. The summed E-state index contributed by atoms with van der Waals surface area (Å²) >= 11 is 0. The molecule has 0 bridgehead atoms. The van der Waals surface area contributed by atoms with Crippen molar-refractivity contribution < 1.29 is 22.8 Å². The Morgan fingerprint density at radius 3 is 2.15 bits per heavy atom. The van der Waals surface area contributed by atoms with E-state index in [1.165, 1.54) is 49.2 Å². The maximum atomic E-state index is 13.0. The van der Waals surface area contributed by atoms with E-state index in [1.807, 2.05) is 18.7 Å². The number of halogens is 3. The molecule has 1 aromatic carbocycles. The SMILES string of the molecule is CCN(CC)c1ccc(C(F)(F)F)cc1NC(=O)c1ccncc1.NC(=O)c1cnccn1. The predicted octanol–water partition coefficient (Wildman–Crippen LogP) is 3.77. The Labute approximate surface area is 188 Å². The molecule has 2 amide bonds. The summed E-state index contributed by atoms with van der Waals surface area (Å²) in [5.41, 5.74) is 5.27. The zero-order chi connectivity index (χ0) is 24.4. The molecule has 3 N–H and O–H groups in total. The smallest absolute Gasteiger partial charge is 0.370 e. The van der Waals surface area contributed by atoms with Gasteiger partial charge in [0.2, 0.25) is 0 Å². The molecule has 3 rings (SSSR count). The highest BCUT2D eigenvalue weighted by Crippen LogP contribution is 2.35. The summed E-state index contributed by atoms with van der Waals surface area (Å²) in [4.78, 5) is 35.6. The Morgan fingerprint density at radius 2 is 1.67 bits per heavy atom. The monoisotopic (exact) mass is 460 g/mol. The van der Waals surface area contributed by atoms with Crippen molar-refractivity contribution >= 4 is 23.2 Å². The molecule has 0 aliphatic rings. The summed E-state index contributed by atoms with van der Waals surface area (Å²) in [6, 6.07) is 6.38. The summed E-state index contributed by atoms with van der Waals surface area (Å²) in [5, 5.41) is 2.58. The molecule has 3 aromatic rings. The molecular formula is C22H23F3N6O2. The van der Waals surface area contributed by atoms with Gasteiger partial charge in [0.15, 0.2) is 0 Å². The molecule has 0 aliphatic heterocycles. The van der Waals surface area contributed by atoms with E-state index in [1.54, 1.807) is 0 Å². The van der Waals surface area contributed by atoms with Gasteiger partial charge in [0.05, 0.1) is 23.1 Å². The number of hydrogen-bond donors (Lipinski definition) is 2. The van der Waals surface area contributed by atoms with Crippen molar-refractivity contribution in [3.63, 3.8) is 0 Å². The van der Waals surface area contributed by atoms with Gasteiger partial charge < -0.3 is 16.0 Å². The van der Waals surface area contributed by atoms with Crippen LogP contribution < -0.4 is 16.0 Å². The van der Waals surface area contributed by atoms with Crippen molar-refractivity contribution in [1.29, 1.82) is 0 Å². The van der Waals surface area contributed by atoms with E-state index >= 15 is 0 Å². The first-order valence-electron chi connectivity index (χ1n) is 9.90. The average molecular weight is 460 g/mol. The number of nitrogens with zero attached hydrogens (tertiary/aromatic N) is 4. The van der Waals surface area contributed by atoms with Crippen molar-refractivity contribution in [3.8, 4) is 0 Å². The van der Waals surface area contributed by atoms with Gasteiger partial charge >= 0.3 is 6.18 Å². The van der Waals surface area contributed by atoms with Crippen LogP contribution in [0.1, 0.15) is 40.3 Å². The van der Waals surface area contributed by atoms with Crippen LogP contribution in [-0.4, -0.2) is 39.9 Å². The highest BCUT2D eigenvalue weighted by Gasteiger charge is 2.31. The molecule has 0 radical (unpaired) electrons. The second-order valence-corrected chi connectivity index (χ2v) is 6.55. The number of primary amides is 1. The zero-order valence-corrected chi connectivity index (χ0v) is 18.0. The van der Waals surface area contributed by atoms with Crippen LogP contribution in [0.3, 0.4) is 0 Å². The van der Waals surface area contributed by atoms with Crippen molar-refractivity contribution in [2.75, 3.05) is 23.3 Å². The molecule has 2 aromatic heterocycles. The van der Waals surface area contributed by atoms with Crippen LogP contribution in [0.4, 0.5) is 24.5 Å². The van der Waals surface area contributed by atoms with Crippen LogP contribution in [0.5, 0.6) is 0 Å². The first-order valence-corrected chi connectivity index (χ1v) is 9.90. The van der Waals surface area contributed by atoms with Gasteiger partial charge in [-0.2, -0.15) is 13.2 Å². The maximum Gasteiger partial charge on any atom is 0.416 e. The lowest BCUT2D eigenvalue weighted by Gasteiger charge is -2.25. The van der Waals surface area contributed by atoms with Gasteiger partial charge in [-0.05, 0) is 44.2 Å². The Morgan fingerprint density at radius 1 is 1.00 bits per heavy atom. The molecule has 33 heavy (non-hydrogen) atoms. The number of amides is 2. The van der Waals surface area contributed by atoms with Gasteiger partial charge in [-0.3, -0.25) is 19.6 Å². The third-order valence-corrected chi connectivity index (χ3v) is 4.43. The number of pyridine rings is 1. The van der Waals surface area contributed by atoms with Crippen molar-refractivity contribution in [2.24, 2.45) is 5.73 Å². The molecular weight excluding hydrogens is 437 g/mol. The largest absolute Gasteiger partial charge is 0.416 e. The molecule has 0 spiro atoms. The minimum Gasteiger partial charge on any atom is -0.370 e. The minimum absolute atomic E-state index is 0.135. The number of anilines is 2. The van der Waals surface area contributed by atoms with Crippen molar-refractivity contribution in [2.45, 2.75) is 20.0 Å². The number of aromatic nitrogens is 3. The first kappa shape index (κ1) is 25.2. The van der Waals surface area contributed by atoms with E-state index in [4.69, 9.17) is 5.73 Å². The third kappa shape index (κ3) is 7.27. The first-order chi connectivity index (χ1) is 15.7. The number of benzene rings is 1. The topological polar surface area (TPSA) is 114 Å². The third-order valence-electron chi connectivity index (χ3n) is 4.43. The standard InChI is InChI=1S/C17H18F3N3O.C5H5N3O/c1-3-23(4-2)15-6-5-13(17(18,19)20)11-14(15)22-16(24)12-7-9-21-10-8-12;6-5(9)4-3-7-1-2-8-4/h5-11H,3-4H2,1-2H3,(H,22,24);1-3H,(H2,6,9). The average Bonchev–Trinajstić information content (AvgIpc) is 2.81. The molecule has 0 atom stereocenters. The van der Waals surface area contributed by atoms with Gasteiger partial charge in [-0.1, -0.05) is 0 Å². The lowest BCUT2D eigenvalue weighted by Crippen LogP contribution is -2.24. The molecule has 0 fully saturated rings. The Bertz CT molecular complexity index is 1060. The Hall–Kier alpha value is -4.02. The number of nitrogens with two attached hydrogens (primary N) is 1. The van der Waals surface area contributed by atoms with Gasteiger partial charge in [0, 0.05) is 43.4 Å². The molecule has 8 nitrogen and oxygen atoms in total. The molecule has 0 saturated carbocycles. The Kier molecular flexibility index (Phi) is 8.84. The normalized spacial score (nSPS) is 10.6. The van der Waals surface area contributed by atoms with Gasteiger partial charge in [0.1, 0.15) is 5.69 Å². The van der Waals surface area contributed by atoms with E-state index in [0.717, 1.165) is 12.1 Å². The summed E-state index contributed by atoms with van der Waals surface area (Å²) in [6.07, 6.45) is 2.64. The molecule has 0 saturated heterocycles. The lowest BCUT2D eigenvalue weighted by molar-refractivity contribution is -0.137. The fraction of sp³-hybridized carbons (Fsp3) is 0.227. The van der Waals surface area contributed by atoms with Gasteiger partial charge in [-0.25, -0.2) is 4.98 Å². The fourth-order valence-corrected chi connectivity index (χ4v) is 2.78. The number of nitrogens with one attached hydrogen (secondary N) is 1. The van der Waals surface area contributed by atoms with Crippen molar-refractivity contribution in [1.82, 2.24) is 15.0 Å². The van der Waals surface area contributed by atoms with E-state index in [2.05, 4.69) is 20.3 Å². The minimum atomic E-state index is -4.47. The van der Waals surface area contributed by atoms with E-state index in [-0.39, 0.29) is 11.4 Å². The van der Waals surface area contributed by atoms with Gasteiger partial charge in [-0.15, -0.1) is 0 Å². The zero-order valence-electron chi connectivity index (χ0n) is 18.0. The molecule has 11 heteroatoms. The van der Waals surface area contributed by atoms with Gasteiger partial charge in [0.25, 0.3) is 11.8 Å². The number of rotatable bonds is 6. The quantitative estimate of drug-likeness (QED) is 0.579. The second kappa shape index (κ2) is 11.6. The fourth-order valence-electron chi connectivity index (χ4n) is 2.78. The van der Waals surface area contributed by atoms with Crippen LogP contribution in [0, 0.1) is 0 Å². The number of hydrogen-bond acceptors (Lipinski definition) is 6. The molecule has 0 aliphatic carbocycles. The highest BCUT2D eigenvalue weighted by atomic mass is 19.4. The predicted molar refractivity (Wildman–Crippen MR) is 118 cm³/mol. The summed E-state index contributed by atoms with van der Waals surface area (Å²) in [7, 11) is 0. The van der Waals surface area contributed by atoms with Crippen LogP contribution in [0.15, 0.2) is 61.3 Å². The summed E-state index contributed by atoms with van der Waals surface area (Å²) in [6.45, 7) is 5.02. The second-order valence-electron chi connectivity index (χ2n) is 6.55.